The fraction of sp³-hybridized carbons (Fsp3) is 0.143. The Morgan fingerprint density at radius 3 is 2.44 bits per heavy atom. The molecule has 2 amide bonds. The quantitative estimate of drug-likeness (QED) is 0.775. The number of imide groups is 1. The first-order valence-electron chi connectivity index (χ1n) is 5.79. The standard InChI is InChI=1S/C14H11NO2S/c1-2-10-8-11-12(18-10)14(17)15(13(11)16)9-6-4-3-5-7-9/h3-8H,2H2,1H3. The van der Waals surface area contributed by atoms with Crippen molar-refractivity contribution in [3.63, 3.8) is 0 Å². The van der Waals surface area contributed by atoms with E-state index in [1.807, 2.05) is 31.2 Å². The van der Waals surface area contributed by atoms with Crippen LogP contribution >= 0.6 is 11.3 Å². The highest BCUT2D eigenvalue weighted by molar-refractivity contribution is 7.15. The molecule has 1 aliphatic heterocycles. The number of benzene rings is 1. The van der Waals surface area contributed by atoms with Crippen molar-refractivity contribution in [1.29, 1.82) is 0 Å². The molecule has 1 aromatic carbocycles. The zero-order valence-electron chi connectivity index (χ0n) is 9.84. The number of carbonyl (C=O) groups excluding carboxylic acids is 2. The number of thiophene rings is 1. The largest absolute Gasteiger partial charge is 0.276 e. The number of anilines is 1. The zero-order chi connectivity index (χ0) is 12.7. The molecule has 0 fully saturated rings. The molecule has 3 rings (SSSR count). The van der Waals surface area contributed by atoms with Gasteiger partial charge in [-0.05, 0) is 24.6 Å². The molecular weight excluding hydrogens is 246 g/mol. The van der Waals surface area contributed by atoms with Crippen molar-refractivity contribution in [1.82, 2.24) is 0 Å². The minimum atomic E-state index is -0.211. The van der Waals surface area contributed by atoms with Crippen LogP contribution in [0.4, 0.5) is 5.69 Å². The molecule has 18 heavy (non-hydrogen) atoms. The van der Waals surface area contributed by atoms with Crippen LogP contribution in [0.15, 0.2) is 36.4 Å². The molecule has 1 aliphatic rings. The van der Waals surface area contributed by atoms with Crippen LogP contribution in [-0.4, -0.2) is 11.8 Å². The van der Waals surface area contributed by atoms with Gasteiger partial charge in [-0.25, -0.2) is 4.90 Å². The van der Waals surface area contributed by atoms with Gasteiger partial charge in [0.25, 0.3) is 11.8 Å². The van der Waals surface area contributed by atoms with Crippen LogP contribution < -0.4 is 4.90 Å². The van der Waals surface area contributed by atoms with Crippen molar-refractivity contribution in [3.8, 4) is 0 Å². The number of carbonyl (C=O) groups is 2. The lowest BCUT2D eigenvalue weighted by molar-refractivity contribution is 0.0927. The van der Waals surface area contributed by atoms with Gasteiger partial charge in [0, 0.05) is 4.88 Å². The molecule has 0 saturated heterocycles. The average molecular weight is 257 g/mol. The Morgan fingerprint density at radius 1 is 1.11 bits per heavy atom. The first-order chi connectivity index (χ1) is 8.72. The molecule has 90 valence electrons. The molecule has 0 N–H and O–H groups in total. The van der Waals surface area contributed by atoms with Gasteiger partial charge in [0.2, 0.25) is 0 Å². The minimum absolute atomic E-state index is 0.203. The van der Waals surface area contributed by atoms with Crippen LogP contribution in [-0.2, 0) is 6.42 Å². The number of rotatable bonds is 2. The summed E-state index contributed by atoms with van der Waals surface area (Å²) in [6.07, 6.45) is 0.851. The van der Waals surface area contributed by atoms with E-state index in [4.69, 9.17) is 0 Å². The van der Waals surface area contributed by atoms with Crippen LogP contribution in [0.1, 0.15) is 31.8 Å². The summed E-state index contributed by atoms with van der Waals surface area (Å²) in [5.41, 5.74) is 1.18. The summed E-state index contributed by atoms with van der Waals surface area (Å²) in [5.74, 6) is -0.414. The summed E-state index contributed by atoms with van der Waals surface area (Å²) >= 11 is 1.42. The molecule has 0 aliphatic carbocycles. The van der Waals surface area contributed by atoms with E-state index in [-0.39, 0.29) is 11.8 Å². The van der Waals surface area contributed by atoms with Crippen LogP contribution in [0.2, 0.25) is 0 Å². The summed E-state index contributed by atoms with van der Waals surface area (Å²) in [6, 6.07) is 10.9. The van der Waals surface area contributed by atoms with Gasteiger partial charge in [-0.2, -0.15) is 0 Å². The maximum Gasteiger partial charge on any atom is 0.276 e. The number of hydrogen-bond acceptors (Lipinski definition) is 3. The number of hydrogen-bond donors (Lipinski definition) is 0. The first kappa shape index (κ1) is 11.2. The highest BCUT2D eigenvalue weighted by Gasteiger charge is 2.38. The van der Waals surface area contributed by atoms with Crippen LogP contribution in [0.5, 0.6) is 0 Å². The third-order valence-corrected chi connectivity index (χ3v) is 4.24. The summed E-state index contributed by atoms with van der Waals surface area (Å²) in [5, 5.41) is 0. The molecule has 0 atom stereocenters. The molecule has 0 saturated carbocycles. The van der Waals surface area contributed by atoms with Gasteiger partial charge in [-0.15, -0.1) is 11.3 Å². The van der Waals surface area contributed by atoms with Crippen molar-refractivity contribution >= 4 is 28.8 Å². The molecule has 0 spiro atoms. The topological polar surface area (TPSA) is 37.4 Å². The average Bonchev–Trinajstić information content (AvgIpc) is 2.92. The second kappa shape index (κ2) is 4.07. The van der Waals surface area contributed by atoms with E-state index in [1.54, 1.807) is 12.1 Å². The summed E-state index contributed by atoms with van der Waals surface area (Å²) in [4.78, 5) is 27.4. The van der Waals surface area contributed by atoms with Gasteiger partial charge in [0.05, 0.1) is 11.3 Å². The maximum absolute atomic E-state index is 12.3. The van der Waals surface area contributed by atoms with Crippen LogP contribution in [0.25, 0.3) is 0 Å². The molecule has 4 heteroatoms. The Labute approximate surface area is 109 Å². The Balaban J connectivity index is 2.06. The Bertz CT molecular complexity index is 597. The molecular formula is C14H11NO2S. The van der Waals surface area contributed by atoms with Crippen molar-refractivity contribution < 1.29 is 9.59 Å². The number of amides is 2. The third-order valence-electron chi connectivity index (χ3n) is 2.98. The van der Waals surface area contributed by atoms with Gasteiger partial charge in [-0.3, -0.25) is 9.59 Å². The number of nitrogens with zero attached hydrogens (tertiary/aromatic N) is 1. The summed E-state index contributed by atoms with van der Waals surface area (Å²) in [6.45, 7) is 2.02. The van der Waals surface area contributed by atoms with Crippen LogP contribution in [0.3, 0.4) is 0 Å². The van der Waals surface area contributed by atoms with Gasteiger partial charge in [-0.1, -0.05) is 25.1 Å². The van der Waals surface area contributed by atoms with E-state index in [1.165, 1.54) is 16.2 Å². The monoisotopic (exact) mass is 257 g/mol. The van der Waals surface area contributed by atoms with E-state index in [0.29, 0.717) is 16.1 Å². The molecule has 0 radical (unpaired) electrons. The first-order valence-corrected chi connectivity index (χ1v) is 6.60. The molecule has 0 unspecified atom stereocenters. The molecule has 0 bridgehead atoms. The van der Waals surface area contributed by atoms with Gasteiger partial charge < -0.3 is 0 Å². The fourth-order valence-corrected chi connectivity index (χ4v) is 3.08. The number of para-hydroxylation sites is 1. The summed E-state index contributed by atoms with van der Waals surface area (Å²) < 4.78 is 0. The second-order valence-corrected chi connectivity index (χ2v) is 5.23. The van der Waals surface area contributed by atoms with Gasteiger partial charge in [0.1, 0.15) is 4.88 Å². The van der Waals surface area contributed by atoms with Crippen molar-refractivity contribution in [2.24, 2.45) is 0 Å². The smallest absolute Gasteiger partial charge is 0.268 e. The lowest BCUT2D eigenvalue weighted by Crippen LogP contribution is -2.29. The van der Waals surface area contributed by atoms with Gasteiger partial charge in [0.15, 0.2) is 0 Å². The molecule has 2 heterocycles. The minimum Gasteiger partial charge on any atom is -0.268 e. The highest BCUT2D eigenvalue weighted by atomic mass is 32.1. The van der Waals surface area contributed by atoms with E-state index in [9.17, 15) is 9.59 Å². The van der Waals surface area contributed by atoms with E-state index in [2.05, 4.69) is 0 Å². The Morgan fingerprint density at radius 2 is 1.83 bits per heavy atom. The normalized spacial score (nSPS) is 14.2. The van der Waals surface area contributed by atoms with Crippen molar-refractivity contribution in [3.05, 3.63) is 51.7 Å². The second-order valence-electron chi connectivity index (χ2n) is 4.09. The van der Waals surface area contributed by atoms with Crippen LogP contribution in [0, 0.1) is 0 Å². The van der Waals surface area contributed by atoms with Gasteiger partial charge >= 0.3 is 0 Å². The predicted octanol–water partition coefficient (Wildman–Crippen LogP) is 3.11. The lowest BCUT2D eigenvalue weighted by Gasteiger charge is -2.13. The number of fused-ring (bicyclic) bond motifs is 1. The molecule has 3 nitrogen and oxygen atoms in total. The third kappa shape index (κ3) is 1.49. The predicted molar refractivity (Wildman–Crippen MR) is 71.3 cm³/mol. The van der Waals surface area contributed by atoms with Crippen molar-refractivity contribution in [2.45, 2.75) is 13.3 Å². The SMILES string of the molecule is CCc1cc2c(s1)C(=O)N(c1ccccc1)C2=O. The van der Waals surface area contributed by atoms with E-state index in [0.717, 1.165) is 11.3 Å². The molecule has 1 aromatic heterocycles. The summed E-state index contributed by atoms with van der Waals surface area (Å²) in [7, 11) is 0. The van der Waals surface area contributed by atoms with E-state index < -0.39 is 0 Å². The Hall–Kier alpha value is -1.94. The Kier molecular flexibility index (Phi) is 2.52. The lowest BCUT2D eigenvalue weighted by atomic mass is 10.2. The fourth-order valence-electron chi connectivity index (χ4n) is 2.06. The molecule has 2 aromatic rings. The van der Waals surface area contributed by atoms with E-state index >= 15 is 0 Å². The highest BCUT2D eigenvalue weighted by Crippen LogP contribution is 2.34. The van der Waals surface area contributed by atoms with Crippen molar-refractivity contribution in [2.75, 3.05) is 4.90 Å². The number of aryl methyl sites for hydroxylation is 1. The maximum atomic E-state index is 12.3. The zero-order valence-corrected chi connectivity index (χ0v) is 10.7.